The molecule has 2 atom stereocenters. The molecule has 0 fully saturated rings. The van der Waals surface area contributed by atoms with Gasteiger partial charge in [-0.3, -0.25) is 0 Å². The molecule has 1 nitrogen and oxygen atoms in total. The Morgan fingerprint density at radius 1 is 1.12 bits per heavy atom. The van der Waals surface area contributed by atoms with Gasteiger partial charge in [-0.15, -0.1) is 0 Å². The van der Waals surface area contributed by atoms with Crippen molar-refractivity contribution in [3.05, 3.63) is 35.4 Å². The van der Waals surface area contributed by atoms with Crippen molar-refractivity contribution in [2.24, 2.45) is 5.92 Å². The Bertz CT molecular complexity index is 308. The molecule has 0 radical (unpaired) electrons. The van der Waals surface area contributed by atoms with Crippen molar-refractivity contribution < 1.29 is 13.9 Å². The van der Waals surface area contributed by atoms with Gasteiger partial charge in [0, 0.05) is 5.56 Å². The zero-order valence-corrected chi connectivity index (χ0v) is 9.66. The van der Waals surface area contributed by atoms with E-state index in [4.69, 9.17) is 0 Å². The second-order valence-electron chi connectivity index (χ2n) is 4.23. The van der Waals surface area contributed by atoms with E-state index in [0.717, 1.165) is 6.42 Å². The van der Waals surface area contributed by atoms with Crippen molar-refractivity contribution in [3.63, 3.8) is 0 Å². The number of hydrogen-bond donors (Lipinski definition) is 1. The average Bonchev–Trinajstić information content (AvgIpc) is 2.28. The summed E-state index contributed by atoms with van der Waals surface area (Å²) in [6, 6.07) is 5.91. The highest BCUT2D eigenvalue weighted by atomic mass is 19.3. The molecule has 0 aliphatic rings. The van der Waals surface area contributed by atoms with E-state index in [9.17, 15) is 13.9 Å². The van der Waals surface area contributed by atoms with Crippen LogP contribution in [-0.2, 0) is 0 Å². The minimum absolute atomic E-state index is 0.000472. The second kappa shape index (κ2) is 5.94. The molecule has 0 aliphatic carbocycles. The lowest BCUT2D eigenvalue weighted by Crippen LogP contribution is -2.03. The van der Waals surface area contributed by atoms with Crippen LogP contribution in [0, 0.1) is 5.92 Å². The highest BCUT2D eigenvalue weighted by molar-refractivity contribution is 5.24. The summed E-state index contributed by atoms with van der Waals surface area (Å²) in [5.74, 6) is 0.435. The Hall–Kier alpha value is -0.960. The smallest absolute Gasteiger partial charge is 0.263 e. The van der Waals surface area contributed by atoms with Crippen molar-refractivity contribution in [1.29, 1.82) is 0 Å². The number of aliphatic hydroxyl groups excluding tert-OH is 1. The fraction of sp³-hybridized carbons (Fsp3) is 0.538. The third kappa shape index (κ3) is 3.56. The van der Waals surface area contributed by atoms with Gasteiger partial charge in [0.15, 0.2) is 0 Å². The molecule has 1 rings (SSSR count). The molecule has 1 N–H and O–H groups in total. The first-order chi connectivity index (χ1) is 7.54. The predicted molar refractivity (Wildman–Crippen MR) is 60.4 cm³/mol. The number of hydrogen-bond acceptors (Lipinski definition) is 1. The van der Waals surface area contributed by atoms with Crippen molar-refractivity contribution >= 4 is 0 Å². The van der Waals surface area contributed by atoms with Crippen LogP contribution < -0.4 is 0 Å². The number of halogens is 2. The standard InChI is InChI=1S/C13H18F2O/c1-3-9(2)8-12(16)10-4-6-11(7-5-10)13(14)15/h4-7,9,12-13,16H,3,8H2,1-2H3. The molecule has 0 saturated carbocycles. The third-order valence-corrected chi connectivity index (χ3v) is 2.90. The fourth-order valence-electron chi connectivity index (χ4n) is 1.55. The van der Waals surface area contributed by atoms with E-state index in [0.29, 0.717) is 17.9 Å². The van der Waals surface area contributed by atoms with Crippen LogP contribution in [0.25, 0.3) is 0 Å². The lowest BCUT2D eigenvalue weighted by molar-refractivity contribution is 0.144. The number of aliphatic hydroxyl groups is 1. The van der Waals surface area contributed by atoms with E-state index >= 15 is 0 Å². The van der Waals surface area contributed by atoms with Crippen LogP contribution >= 0.6 is 0 Å². The number of alkyl halides is 2. The van der Waals surface area contributed by atoms with Gasteiger partial charge in [-0.05, 0) is 17.9 Å². The van der Waals surface area contributed by atoms with E-state index in [-0.39, 0.29) is 5.56 Å². The molecule has 90 valence electrons. The van der Waals surface area contributed by atoms with E-state index < -0.39 is 12.5 Å². The Kier molecular flexibility index (Phi) is 4.87. The Morgan fingerprint density at radius 3 is 2.06 bits per heavy atom. The van der Waals surface area contributed by atoms with Gasteiger partial charge in [0.05, 0.1) is 6.10 Å². The lowest BCUT2D eigenvalue weighted by atomic mass is 9.96. The Balaban J connectivity index is 2.66. The van der Waals surface area contributed by atoms with Crippen LogP contribution in [-0.4, -0.2) is 5.11 Å². The molecule has 0 spiro atoms. The molecule has 0 amide bonds. The number of rotatable bonds is 5. The normalized spacial score (nSPS) is 15.1. The summed E-state index contributed by atoms with van der Waals surface area (Å²) in [6.45, 7) is 4.13. The minimum Gasteiger partial charge on any atom is -0.388 e. The maximum absolute atomic E-state index is 12.3. The van der Waals surface area contributed by atoms with Crippen LogP contribution in [0.15, 0.2) is 24.3 Å². The summed E-state index contributed by atoms with van der Waals surface area (Å²) >= 11 is 0. The summed E-state index contributed by atoms with van der Waals surface area (Å²) in [6.07, 6.45) is -1.32. The summed E-state index contributed by atoms with van der Waals surface area (Å²) in [7, 11) is 0. The molecule has 2 unspecified atom stereocenters. The first-order valence-electron chi connectivity index (χ1n) is 5.60. The lowest BCUT2D eigenvalue weighted by Gasteiger charge is -2.15. The predicted octanol–water partition coefficient (Wildman–Crippen LogP) is 4.09. The maximum Gasteiger partial charge on any atom is 0.263 e. The quantitative estimate of drug-likeness (QED) is 0.804. The van der Waals surface area contributed by atoms with Crippen molar-refractivity contribution in [3.8, 4) is 0 Å². The van der Waals surface area contributed by atoms with Gasteiger partial charge in [-0.2, -0.15) is 0 Å². The molecule has 3 heteroatoms. The van der Waals surface area contributed by atoms with Gasteiger partial charge < -0.3 is 5.11 Å². The van der Waals surface area contributed by atoms with Gasteiger partial charge in [0.2, 0.25) is 0 Å². The van der Waals surface area contributed by atoms with Gasteiger partial charge in [0.25, 0.3) is 6.43 Å². The zero-order chi connectivity index (χ0) is 12.1. The highest BCUT2D eigenvalue weighted by Crippen LogP contribution is 2.25. The number of benzene rings is 1. The zero-order valence-electron chi connectivity index (χ0n) is 9.66. The molecule has 0 aromatic heterocycles. The topological polar surface area (TPSA) is 20.2 Å². The molecule has 0 heterocycles. The summed E-state index contributed by atoms with van der Waals surface area (Å²) < 4.78 is 24.6. The van der Waals surface area contributed by atoms with Crippen molar-refractivity contribution in [2.75, 3.05) is 0 Å². The van der Waals surface area contributed by atoms with Crippen LogP contribution in [0.5, 0.6) is 0 Å². The van der Waals surface area contributed by atoms with E-state index in [1.165, 1.54) is 12.1 Å². The molecule has 16 heavy (non-hydrogen) atoms. The van der Waals surface area contributed by atoms with E-state index in [1.54, 1.807) is 12.1 Å². The Morgan fingerprint density at radius 2 is 1.62 bits per heavy atom. The van der Waals surface area contributed by atoms with Gasteiger partial charge in [-0.25, -0.2) is 8.78 Å². The van der Waals surface area contributed by atoms with Crippen LogP contribution in [0.2, 0.25) is 0 Å². The van der Waals surface area contributed by atoms with Crippen LogP contribution in [0.1, 0.15) is 50.3 Å². The molecular formula is C13H18F2O. The highest BCUT2D eigenvalue weighted by Gasteiger charge is 2.12. The molecular weight excluding hydrogens is 210 g/mol. The monoisotopic (exact) mass is 228 g/mol. The van der Waals surface area contributed by atoms with Gasteiger partial charge >= 0.3 is 0 Å². The van der Waals surface area contributed by atoms with Crippen molar-refractivity contribution in [1.82, 2.24) is 0 Å². The van der Waals surface area contributed by atoms with E-state index in [2.05, 4.69) is 13.8 Å². The molecule has 1 aromatic carbocycles. The minimum atomic E-state index is -2.44. The first kappa shape index (κ1) is 13.1. The second-order valence-corrected chi connectivity index (χ2v) is 4.23. The summed E-state index contributed by atoms with van der Waals surface area (Å²) in [5.41, 5.74) is 0.712. The molecule has 0 saturated heterocycles. The SMILES string of the molecule is CCC(C)CC(O)c1ccc(C(F)F)cc1. The van der Waals surface area contributed by atoms with Gasteiger partial charge in [-0.1, -0.05) is 44.5 Å². The Labute approximate surface area is 95.1 Å². The summed E-state index contributed by atoms with van der Waals surface area (Å²) in [4.78, 5) is 0. The largest absolute Gasteiger partial charge is 0.388 e. The average molecular weight is 228 g/mol. The third-order valence-electron chi connectivity index (χ3n) is 2.90. The first-order valence-corrected chi connectivity index (χ1v) is 5.60. The molecule has 0 aliphatic heterocycles. The fourth-order valence-corrected chi connectivity index (χ4v) is 1.55. The van der Waals surface area contributed by atoms with Crippen LogP contribution in [0.4, 0.5) is 8.78 Å². The summed E-state index contributed by atoms with van der Waals surface area (Å²) in [5, 5.41) is 9.86. The molecule has 0 bridgehead atoms. The van der Waals surface area contributed by atoms with Crippen LogP contribution in [0.3, 0.4) is 0 Å². The van der Waals surface area contributed by atoms with Gasteiger partial charge in [0.1, 0.15) is 0 Å². The maximum atomic E-state index is 12.3. The van der Waals surface area contributed by atoms with Crippen molar-refractivity contribution in [2.45, 2.75) is 39.2 Å². The van der Waals surface area contributed by atoms with E-state index in [1.807, 2.05) is 0 Å². The molecule has 1 aromatic rings.